The molecule has 0 saturated carbocycles. The topological polar surface area (TPSA) is 92.6 Å². The molecule has 0 heterocycles. The summed E-state index contributed by atoms with van der Waals surface area (Å²) >= 11 is 7.40. The molecule has 178 valence electrons. The summed E-state index contributed by atoms with van der Waals surface area (Å²) in [4.78, 5) is 38.1. The van der Waals surface area contributed by atoms with Gasteiger partial charge >= 0.3 is 0 Å². The van der Waals surface area contributed by atoms with Crippen molar-refractivity contribution in [2.75, 3.05) is 12.3 Å². The Morgan fingerprint density at radius 1 is 1.09 bits per heavy atom. The van der Waals surface area contributed by atoms with Crippen LogP contribution in [0, 0.1) is 16.0 Å². The highest BCUT2D eigenvalue weighted by Crippen LogP contribution is 2.20. The van der Waals surface area contributed by atoms with Gasteiger partial charge in [-0.05, 0) is 35.6 Å². The minimum atomic E-state index is -0.577. The molecule has 0 spiro atoms. The number of hydrogen-bond donors (Lipinski definition) is 1. The van der Waals surface area contributed by atoms with Crippen molar-refractivity contribution in [1.82, 2.24) is 10.2 Å². The van der Waals surface area contributed by atoms with E-state index in [2.05, 4.69) is 5.32 Å². The maximum Gasteiger partial charge on any atom is 0.269 e. The molecule has 0 aliphatic rings. The molecule has 0 saturated heterocycles. The van der Waals surface area contributed by atoms with Gasteiger partial charge < -0.3 is 10.2 Å². The lowest BCUT2D eigenvalue weighted by Crippen LogP contribution is -2.50. The number of amides is 2. The number of thioether (sulfide) groups is 1. The number of rotatable bonds is 12. The van der Waals surface area contributed by atoms with Crippen LogP contribution in [0.25, 0.3) is 0 Å². The quantitative estimate of drug-likeness (QED) is 0.331. The third-order valence-corrected chi connectivity index (χ3v) is 6.22. The van der Waals surface area contributed by atoms with Gasteiger partial charge in [0.15, 0.2) is 0 Å². The summed E-state index contributed by atoms with van der Waals surface area (Å²) in [7, 11) is 0. The Bertz CT molecular complexity index is 936. The average Bonchev–Trinajstić information content (AvgIpc) is 2.79. The number of nitro groups is 1. The van der Waals surface area contributed by atoms with Gasteiger partial charge in [0.1, 0.15) is 6.04 Å². The zero-order chi connectivity index (χ0) is 24.4. The fourth-order valence-corrected chi connectivity index (χ4v) is 4.18. The van der Waals surface area contributed by atoms with Crippen molar-refractivity contribution in [3.63, 3.8) is 0 Å². The monoisotopic (exact) mass is 491 g/mol. The number of non-ortho nitro benzene ring substituents is 1. The lowest BCUT2D eigenvalue weighted by Gasteiger charge is -2.31. The van der Waals surface area contributed by atoms with Crippen LogP contribution in [0.4, 0.5) is 5.69 Å². The highest BCUT2D eigenvalue weighted by molar-refractivity contribution is 7.99. The predicted molar refractivity (Wildman–Crippen MR) is 133 cm³/mol. The van der Waals surface area contributed by atoms with Crippen LogP contribution in [0.1, 0.15) is 38.3 Å². The van der Waals surface area contributed by atoms with Crippen LogP contribution in [-0.2, 0) is 21.9 Å². The molecule has 2 rings (SSSR count). The van der Waals surface area contributed by atoms with Gasteiger partial charge in [-0.1, -0.05) is 56.6 Å². The van der Waals surface area contributed by atoms with Crippen LogP contribution in [0.3, 0.4) is 0 Å². The molecular formula is C24H30ClN3O4S. The summed E-state index contributed by atoms with van der Waals surface area (Å²) in [6, 6.07) is 13.0. The number of carbonyl (C=O) groups excluding carboxylic acids is 2. The second-order valence-electron chi connectivity index (χ2n) is 8.13. The molecule has 1 unspecified atom stereocenters. The molecule has 1 N–H and O–H groups in total. The van der Waals surface area contributed by atoms with E-state index in [1.54, 1.807) is 29.2 Å². The molecule has 0 fully saturated rings. The smallest absolute Gasteiger partial charge is 0.269 e. The molecular weight excluding hydrogens is 462 g/mol. The van der Waals surface area contributed by atoms with Gasteiger partial charge in [0, 0.05) is 36.0 Å². The average molecular weight is 492 g/mol. The Morgan fingerprint density at radius 2 is 1.70 bits per heavy atom. The molecule has 1 atom stereocenters. The summed E-state index contributed by atoms with van der Waals surface area (Å²) in [5.41, 5.74) is 1.82. The van der Waals surface area contributed by atoms with E-state index in [9.17, 15) is 19.7 Å². The van der Waals surface area contributed by atoms with Crippen LogP contribution in [-0.4, -0.2) is 40.0 Å². The molecule has 0 radical (unpaired) electrons. The second kappa shape index (κ2) is 13.2. The third-order valence-electron chi connectivity index (χ3n) is 4.98. The Morgan fingerprint density at radius 3 is 2.24 bits per heavy atom. The minimum Gasteiger partial charge on any atom is -0.354 e. The zero-order valence-electron chi connectivity index (χ0n) is 19.1. The molecule has 2 amide bonds. The fourth-order valence-electron chi connectivity index (χ4n) is 3.18. The van der Waals surface area contributed by atoms with Crippen LogP contribution >= 0.6 is 23.4 Å². The van der Waals surface area contributed by atoms with E-state index in [-0.39, 0.29) is 23.3 Å². The summed E-state index contributed by atoms with van der Waals surface area (Å²) in [5, 5.41) is 14.4. The molecule has 0 aliphatic heterocycles. The first-order valence-electron chi connectivity index (χ1n) is 10.8. The number of hydrogen-bond acceptors (Lipinski definition) is 5. The maximum absolute atomic E-state index is 13.2. The third kappa shape index (κ3) is 8.70. The van der Waals surface area contributed by atoms with Crippen molar-refractivity contribution < 1.29 is 14.5 Å². The highest BCUT2D eigenvalue weighted by atomic mass is 35.5. The molecule has 0 aliphatic carbocycles. The molecule has 0 bridgehead atoms. The van der Waals surface area contributed by atoms with Crippen LogP contribution in [0.15, 0.2) is 48.5 Å². The molecule has 2 aromatic carbocycles. The van der Waals surface area contributed by atoms with E-state index in [1.807, 2.05) is 32.9 Å². The molecule has 7 nitrogen and oxygen atoms in total. The Labute approximate surface area is 204 Å². The van der Waals surface area contributed by atoms with Gasteiger partial charge in [0.25, 0.3) is 5.69 Å². The Hall–Kier alpha value is -2.58. The van der Waals surface area contributed by atoms with E-state index < -0.39 is 11.0 Å². The van der Waals surface area contributed by atoms with Crippen LogP contribution in [0.2, 0.25) is 5.02 Å². The van der Waals surface area contributed by atoms with Crippen molar-refractivity contribution in [3.05, 3.63) is 74.8 Å². The normalized spacial score (nSPS) is 11.8. The van der Waals surface area contributed by atoms with Gasteiger partial charge in [-0.15, -0.1) is 11.8 Å². The molecule has 0 aromatic heterocycles. The summed E-state index contributed by atoms with van der Waals surface area (Å²) in [5.74, 6) is 0.745. The van der Waals surface area contributed by atoms with E-state index in [4.69, 9.17) is 11.6 Å². The van der Waals surface area contributed by atoms with Gasteiger partial charge in [0.2, 0.25) is 11.8 Å². The van der Waals surface area contributed by atoms with Crippen LogP contribution < -0.4 is 5.32 Å². The zero-order valence-corrected chi connectivity index (χ0v) is 20.7. The predicted octanol–water partition coefficient (Wildman–Crippen LogP) is 5.06. The van der Waals surface area contributed by atoms with Crippen LogP contribution in [0.5, 0.6) is 0 Å². The summed E-state index contributed by atoms with van der Waals surface area (Å²) < 4.78 is 0. The minimum absolute atomic E-state index is 0.0344. The van der Waals surface area contributed by atoms with Crippen molar-refractivity contribution in [3.8, 4) is 0 Å². The van der Waals surface area contributed by atoms with Crippen molar-refractivity contribution in [2.45, 2.75) is 45.5 Å². The largest absolute Gasteiger partial charge is 0.354 e. The number of benzene rings is 2. The van der Waals surface area contributed by atoms with E-state index in [0.29, 0.717) is 36.2 Å². The Kier molecular flexibility index (Phi) is 10.7. The maximum atomic E-state index is 13.2. The molecule has 9 heteroatoms. The van der Waals surface area contributed by atoms with Crippen molar-refractivity contribution in [2.24, 2.45) is 5.92 Å². The number of carbonyl (C=O) groups is 2. The van der Waals surface area contributed by atoms with Crippen molar-refractivity contribution >= 4 is 40.9 Å². The fraction of sp³-hybridized carbons (Fsp3) is 0.417. The van der Waals surface area contributed by atoms with Gasteiger partial charge in [-0.25, -0.2) is 0 Å². The van der Waals surface area contributed by atoms with E-state index in [0.717, 1.165) is 11.1 Å². The number of nitrogens with zero attached hydrogens (tertiary/aromatic N) is 2. The molecule has 2 aromatic rings. The number of halogens is 1. The first-order valence-corrected chi connectivity index (χ1v) is 12.4. The highest BCUT2D eigenvalue weighted by Gasteiger charge is 2.28. The summed E-state index contributed by atoms with van der Waals surface area (Å²) in [6.07, 6.45) is 0.496. The van der Waals surface area contributed by atoms with Gasteiger partial charge in [-0.3, -0.25) is 19.7 Å². The Balaban J connectivity index is 2.09. The SMILES string of the molecule is CCC(C(=O)NCC(C)C)N(Cc1ccc(Cl)cc1)C(=O)CSCc1ccc([N+](=O)[O-])cc1. The van der Waals surface area contributed by atoms with Gasteiger partial charge in [-0.2, -0.15) is 0 Å². The van der Waals surface area contributed by atoms with E-state index in [1.165, 1.54) is 23.9 Å². The standard InChI is InChI=1S/C24H30ClN3O4S/c1-4-22(24(30)26-13-17(2)3)27(14-18-5-9-20(25)10-6-18)23(29)16-33-15-19-7-11-21(12-8-19)28(31)32/h5-12,17,22H,4,13-16H2,1-3H3,(H,26,30). The molecule has 33 heavy (non-hydrogen) atoms. The lowest BCUT2D eigenvalue weighted by molar-refractivity contribution is -0.384. The first-order chi connectivity index (χ1) is 15.7. The lowest BCUT2D eigenvalue weighted by atomic mass is 10.1. The van der Waals surface area contributed by atoms with E-state index >= 15 is 0 Å². The number of nitrogens with one attached hydrogen (secondary N) is 1. The van der Waals surface area contributed by atoms with Crippen molar-refractivity contribution in [1.29, 1.82) is 0 Å². The number of nitro benzene ring substituents is 1. The summed E-state index contributed by atoms with van der Waals surface area (Å²) in [6.45, 7) is 6.79. The second-order valence-corrected chi connectivity index (χ2v) is 9.55. The first kappa shape index (κ1) is 26.7. The van der Waals surface area contributed by atoms with Gasteiger partial charge in [0.05, 0.1) is 10.7 Å².